The van der Waals surface area contributed by atoms with Crippen LogP contribution in [-0.4, -0.2) is 92.6 Å². The molecule has 204 valence electrons. The van der Waals surface area contributed by atoms with E-state index >= 15 is 0 Å². The van der Waals surface area contributed by atoms with Crippen molar-refractivity contribution in [2.24, 2.45) is 5.73 Å². The standard InChI is InChI=1S/C24H34N4O8S/c1-37-12-10-18(24(35)36)27-22(33)19-3-2-11-28(19)23(34)17(8-9-20(30)31)26-21(32)16(25)13-14-4-6-15(29)7-5-14/h4-7,16-19,29H,2-3,8-13,25H2,1H3,(H,26,32)(H,27,33)(H,30,31)(H,35,36). The van der Waals surface area contributed by atoms with Crippen LogP contribution < -0.4 is 16.4 Å². The number of amides is 3. The van der Waals surface area contributed by atoms with Crippen molar-refractivity contribution in [1.82, 2.24) is 15.5 Å². The fraction of sp³-hybridized carbons (Fsp3) is 0.542. The van der Waals surface area contributed by atoms with E-state index in [9.17, 15) is 34.2 Å². The predicted molar refractivity (Wildman–Crippen MR) is 136 cm³/mol. The predicted octanol–water partition coefficient (Wildman–Crippen LogP) is -0.0749. The lowest BCUT2D eigenvalue weighted by atomic mass is 10.0. The van der Waals surface area contributed by atoms with Gasteiger partial charge in [0, 0.05) is 13.0 Å². The highest BCUT2D eigenvalue weighted by Crippen LogP contribution is 2.20. The molecule has 13 heteroatoms. The second kappa shape index (κ2) is 14.4. The van der Waals surface area contributed by atoms with E-state index in [1.165, 1.54) is 28.8 Å². The van der Waals surface area contributed by atoms with Gasteiger partial charge in [-0.1, -0.05) is 12.1 Å². The summed E-state index contributed by atoms with van der Waals surface area (Å²) in [5.74, 6) is -3.64. The zero-order chi connectivity index (χ0) is 27.5. The van der Waals surface area contributed by atoms with E-state index < -0.39 is 60.2 Å². The van der Waals surface area contributed by atoms with Gasteiger partial charge in [0.2, 0.25) is 17.7 Å². The number of aromatic hydroxyl groups is 1. The normalized spacial score (nSPS) is 17.5. The Bertz CT molecular complexity index is 974. The number of phenolic OH excluding ortho intramolecular Hbond substituents is 1. The fourth-order valence-corrected chi connectivity index (χ4v) is 4.52. The summed E-state index contributed by atoms with van der Waals surface area (Å²) in [7, 11) is 0. The molecule has 0 aromatic heterocycles. The maximum atomic E-state index is 13.4. The van der Waals surface area contributed by atoms with Crippen molar-refractivity contribution in [2.75, 3.05) is 18.6 Å². The molecule has 0 radical (unpaired) electrons. The van der Waals surface area contributed by atoms with Gasteiger partial charge >= 0.3 is 11.9 Å². The first-order valence-corrected chi connectivity index (χ1v) is 13.3. The van der Waals surface area contributed by atoms with Crippen molar-refractivity contribution in [2.45, 2.75) is 62.7 Å². The molecule has 1 fully saturated rings. The van der Waals surface area contributed by atoms with Gasteiger partial charge in [0.15, 0.2) is 0 Å². The number of benzene rings is 1. The number of carbonyl (C=O) groups is 5. The summed E-state index contributed by atoms with van der Waals surface area (Å²) in [6, 6.07) is 1.81. The summed E-state index contributed by atoms with van der Waals surface area (Å²) < 4.78 is 0. The molecule has 12 nitrogen and oxygen atoms in total. The SMILES string of the molecule is CSCCC(NC(=O)C1CCCN1C(=O)C(CCC(=O)O)NC(=O)C(N)Cc1ccc(O)cc1)C(=O)O. The average Bonchev–Trinajstić information content (AvgIpc) is 3.34. The molecule has 1 aromatic rings. The zero-order valence-corrected chi connectivity index (χ0v) is 21.4. The number of carbonyl (C=O) groups excluding carboxylic acids is 3. The summed E-state index contributed by atoms with van der Waals surface area (Å²) in [6.07, 6.45) is 2.36. The molecule has 4 unspecified atom stereocenters. The van der Waals surface area contributed by atoms with Crippen molar-refractivity contribution in [3.8, 4) is 5.75 Å². The molecule has 7 N–H and O–H groups in total. The number of likely N-dealkylation sites (tertiary alicyclic amines) is 1. The first-order chi connectivity index (χ1) is 17.5. The number of nitrogens with zero attached hydrogens (tertiary/aromatic N) is 1. The molecule has 1 aromatic carbocycles. The van der Waals surface area contributed by atoms with Gasteiger partial charge in [0.05, 0.1) is 6.04 Å². The highest BCUT2D eigenvalue weighted by molar-refractivity contribution is 7.98. The fourth-order valence-electron chi connectivity index (χ4n) is 4.05. The van der Waals surface area contributed by atoms with Crippen molar-refractivity contribution < 1.29 is 39.3 Å². The van der Waals surface area contributed by atoms with Crippen LogP contribution in [0.2, 0.25) is 0 Å². The summed E-state index contributed by atoms with van der Waals surface area (Å²) in [4.78, 5) is 63.0. The summed E-state index contributed by atoms with van der Waals surface area (Å²) in [5, 5.41) is 33.0. The van der Waals surface area contributed by atoms with Gasteiger partial charge in [-0.15, -0.1) is 0 Å². The lowest BCUT2D eigenvalue weighted by molar-refractivity contribution is -0.145. The number of rotatable bonds is 14. The Morgan fingerprint density at radius 3 is 2.35 bits per heavy atom. The van der Waals surface area contributed by atoms with E-state index in [1.807, 2.05) is 6.26 Å². The first kappa shape index (κ1) is 29.9. The number of nitrogens with one attached hydrogen (secondary N) is 2. The molecular formula is C24H34N4O8S. The van der Waals surface area contributed by atoms with Gasteiger partial charge in [0.1, 0.15) is 23.9 Å². The van der Waals surface area contributed by atoms with Crippen LogP contribution in [0.5, 0.6) is 5.75 Å². The molecule has 0 bridgehead atoms. The van der Waals surface area contributed by atoms with E-state index in [0.717, 1.165) is 0 Å². The Hall–Kier alpha value is -3.32. The highest BCUT2D eigenvalue weighted by Gasteiger charge is 2.39. The Balaban J connectivity index is 2.11. The molecule has 2 rings (SSSR count). The molecule has 4 atom stereocenters. The van der Waals surface area contributed by atoms with Crippen molar-refractivity contribution >= 4 is 41.4 Å². The topological polar surface area (TPSA) is 199 Å². The number of thioether (sulfide) groups is 1. The molecule has 0 spiro atoms. The second-order valence-electron chi connectivity index (χ2n) is 8.84. The van der Waals surface area contributed by atoms with Crippen LogP contribution in [0, 0.1) is 0 Å². The van der Waals surface area contributed by atoms with E-state index in [1.54, 1.807) is 12.1 Å². The molecule has 0 saturated carbocycles. The summed E-state index contributed by atoms with van der Waals surface area (Å²) in [6.45, 7) is 0.207. The van der Waals surface area contributed by atoms with Gasteiger partial charge in [-0.2, -0.15) is 11.8 Å². The Morgan fingerprint density at radius 2 is 1.76 bits per heavy atom. The maximum absolute atomic E-state index is 13.4. The monoisotopic (exact) mass is 538 g/mol. The molecule has 1 heterocycles. The van der Waals surface area contributed by atoms with Crippen molar-refractivity contribution in [3.05, 3.63) is 29.8 Å². The third-order valence-corrected chi connectivity index (χ3v) is 6.70. The van der Waals surface area contributed by atoms with Crippen LogP contribution >= 0.6 is 11.8 Å². The minimum atomic E-state index is -1.23. The van der Waals surface area contributed by atoms with Crippen LogP contribution in [0.3, 0.4) is 0 Å². The molecule has 1 aliphatic rings. The Labute approximate surface area is 219 Å². The third kappa shape index (κ3) is 9.25. The smallest absolute Gasteiger partial charge is 0.326 e. The Kier molecular flexibility index (Phi) is 11.7. The first-order valence-electron chi connectivity index (χ1n) is 11.9. The number of phenols is 1. The van der Waals surface area contributed by atoms with E-state index in [-0.39, 0.29) is 31.6 Å². The van der Waals surface area contributed by atoms with Crippen LogP contribution in [0.15, 0.2) is 24.3 Å². The van der Waals surface area contributed by atoms with Crippen LogP contribution in [0.25, 0.3) is 0 Å². The number of hydrogen-bond donors (Lipinski definition) is 6. The minimum Gasteiger partial charge on any atom is -0.508 e. The number of hydrogen-bond acceptors (Lipinski definition) is 8. The molecular weight excluding hydrogens is 504 g/mol. The van der Waals surface area contributed by atoms with Crippen molar-refractivity contribution in [1.29, 1.82) is 0 Å². The maximum Gasteiger partial charge on any atom is 0.326 e. The van der Waals surface area contributed by atoms with E-state index in [2.05, 4.69) is 10.6 Å². The summed E-state index contributed by atoms with van der Waals surface area (Å²) >= 11 is 1.44. The van der Waals surface area contributed by atoms with Gasteiger partial charge in [0.25, 0.3) is 0 Å². The van der Waals surface area contributed by atoms with Crippen LogP contribution in [0.4, 0.5) is 0 Å². The van der Waals surface area contributed by atoms with Gasteiger partial charge in [-0.3, -0.25) is 19.2 Å². The Morgan fingerprint density at radius 1 is 1.08 bits per heavy atom. The van der Waals surface area contributed by atoms with Gasteiger partial charge in [-0.05, 0) is 61.8 Å². The highest BCUT2D eigenvalue weighted by atomic mass is 32.2. The average molecular weight is 539 g/mol. The third-order valence-electron chi connectivity index (χ3n) is 6.05. The van der Waals surface area contributed by atoms with Gasteiger partial charge < -0.3 is 36.6 Å². The van der Waals surface area contributed by atoms with Crippen LogP contribution in [0.1, 0.15) is 37.7 Å². The summed E-state index contributed by atoms with van der Waals surface area (Å²) in [5.41, 5.74) is 6.69. The van der Waals surface area contributed by atoms with Crippen LogP contribution in [-0.2, 0) is 30.4 Å². The second-order valence-corrected chi connectivity index (χ2v) is 9.83. The number of nitrogens with two attached hydrogens (primary N) is 1. The van der Waals surface area contributed by atoms with E-state index in [0.29, 0.717) is 24.2 Å². The number of aliphatic carboxylic acids is 2. The molecule has 1 aliphatic heterocycles. The van der Waals surface area contributed by atoms with E-state index in [4.69, 9.17) is 10.8 Å². The molecule has 1 saturated heterocycles. The lowest BCUT2D eigenvalue weighted by Gasteiger charge is -2.30. The minimum absolute atomic E-state index is 0.0595. The lowest BCUT2D eigenvalue weighted by Crippen LogP contribution is -2.57. The molecule has 3 amide bonds. The van der Waals surface area contributed by atoms with Crippen molar-refractivity contribution in [3.63, 3.8) is 0 Å². The molecule has 0 aliphatic carbocycles. The quantitative estimate of drug-likeness (QED) is 0.186. The number of carboxylic acid groups (broad SMARTS) is 2. The van der Waals surface area contributed by atoms with Gasteiger partial charge in [-0.25, -0.2) is 4.79 Å². The zero-order valence-electron chi connectivity index (χ0n) is 20.6. The largest absolute Gasteiger partial charge is 0.508 e. The molecule has 37 heavy (non-hydrogen) atoms. The number of carboxylic acids is 2.